The highest BCUT2D eigenvalue weighted by atomic mass is 32.2. The van der Waals surface area contributed by atoms with Crippen molar-refractivity contribution < 1.29 is 8.42 Å². The van der Waals surface area contributed by atoms with Crippen molar-refractivity contribution in [3.8, 4) is 0 Å². The first-order valence-electron chi connectivity index (χ1n) is 7.16. The van der Waals surface area contributed by atoms with Crippen LogP contribution >= 0.6 is 0 Å². The highest BCUT2D eigenvalue weighted by Crippen LogP contribution is 2.18. The van der Waals surface area contributed by atoms with Crippen LogP contribution in [0.4, 0.5) is 0 Å². The highest BCUT2D eigenvalue weighted by molar-refractivity contribution is 7.89. The molecule has 0 heterocycles. The maximum Gasteiger partial charge on any atom is 0.214 e. The minimum atomic E-state index is -3.19. The Kier molecular flexibility index (Phi) is 7.19. The van der Waals surface area contributed by atoms with E-state index in [1.807, 2.05) is 37.3 Å². The molecule has 1 aromatic rings. The van der Waals surface area contributed by atoms with Gasteiger partial charge in [0.15, 0.2) is 0 Å². The number of hydrogen-bond acceptors (Lipinski definition) is 3. The average molecular weight is 298 g/mol. The number of rotatable bonds is 9. The van der Waals surface area contributed by atoms with Crippen molar-refractivity contribution in [1.29, 1.82) is 0 Å². The summed E-state index contributed by atoms with van der Waals surface area (Å²) in [4.78, 5) is 0. The Hall–Kier alpha value is -0.910. The summed E-state index contributed by atoms with van der Waals surface area (Å²) in [6.45, 7) is 3.19. The number of hydrogen-bond donors (Lipinski definition) is 1. The van der Waals surface area contributed by atoms with Crippen LogP contribution in [-0.2, 0) is 10.0 Å². The number of benzene rings is 1. The van der Waals surface area contributed by atoms with Gasteiger partial charge in [-0.25, -0.2) is 12.7 Å². The first-order chi connectivity index (χ1) is 9.47. The molecule has 0 aliphatic rings. The van der Waals surface area contributed by atoms with Crippen LogP contribution in [0.1, 0.15) is 37.7 Å². The van der Waals surface area contributed by atoms with Crippen LogP contribution in [0.15, 0.2) is 30.3 Å². The zero-order valence-corrected chi connectivity index (χ0v) is 13.3. The first kappa shape index (κ1) is 17.1. The molecule has 114 valence electrons. The standard InChI is InChI=1S/C15H26N2O2S/c1-14(15-9-5-3-6-10-15)13-20(18,19)17(2)12-8-4-7-11-16/h3,5-6,9-10,14H,4,7-8,11-13,16H2,1-2H3. The van der Waals surface area contributed by atoms with E-state index in [-0.39, 0.29) is 11.7 Å². The minimum Gasteiger partial charge on any atom is -0.330 e. The van der Waals surface area contributed by atoms with Gasteiger partial charge in [-0.15, -0.1) is 0 Å². The molecule has 1 rings (SSSR count). The predicted octanol–water partition coefficient (Wildman–Crippen LogP) is 2.18. The van der Waals surface area contributed by atoms with Gasteiger partial charge in [-0.1, -0.05) is 43.7 Å². The number of unbranched alkanes of at least 4 members (excludes halogenated alkanes) is 2. The number of sulfonamides is 1. The summed E-state index contributed by atoms with van der Waals surface area (Å²) >= 11 is 0. The van der Waals surface area contributed by atoms with E-state index in [0.717, 1.165) is 24.8 Å². The third kappa shape index (κ3) is 5.61. The fourth-order valence-electron chi connectivity index (χ4n) is 2.12. The summed E-state index contributed by atoms with van der Waals surface area (Å²) in [6.07, 6.45) is 2.80. The van der Waals surface area contributed by atoms with E-state index < -0.39 is 10.0 Å². The summed E-state index contributed by atoms with van der Waals surface area (Å²) in [5.74, 6) is 0.164. The van der Waals surface area contributed by atoms with Gasteiger partial charge in [0.05, 0.1) is 5.75 Å². The van der Waals surface area contributed by atoms with E-state index in [1.54, 1.807) is 7.05 Å². The van der Waals surface area contributed by atoms with Crippen molar-refractivity contribution in [2.45, 2.75) is 32.1 Å². The van der Waals surface area contributed by atoms with Crippen LogP contribution in [0.3, 0.4) is 0 Å². The Balaban J connectivity index is 2.51. The van der Waals surface area contributed by atoms with Gasteiger partial charge in [0.2, 0.25) is 10.0 Å². The molecule has 0 spiro atoms. The summed E-state index contributed by atoms with van der Waals surface area (Å²) in [5, 5.41) is 0. The van der Waals surface area contributed by atoms with Crippen molar-refractivity contribution in [3.05, 3.63) is 35.9 Å². The van der Waals surface area contributed by atoms with Crippen molar-refractivity contribution >= 4 is 10.0 Å². The number of nitrogens with two attached hydrogens (primary N) is 1. The van der Waals surface area contributed by atoms with Crippen molar-refractivity contribution in [2.24, 2.45) is 5.73 Å². The molecule has 2 N–H and O–H groups in total. The zero-order valence-electron chi connectivity index (χ0n) is 12.5. The van der Waals surface area contributed by atoms with Crippen molar-refractivity contribution in [3.63, 3.8) is 0 Å². The highest BCUT2D eigenvalue weighted by Gasteiger charge is 2.21. The Labute approximate surface area is 123 Å². The molecule has 0 aliphatic carbocycles. The molecule has 1 atom stereocenters. The second-order valence-corrected chi connectivity index (χ2v) is 7.38. The van der Waals surface area contributed by atoms with Gasteiger partial charge in [0.1, 0.15) is 0 Å². The topological polar surface area (TPSA) is 63.4 Å². The molecule has 0 aromatic heterocycles. The second-order valence-electron chi connectivity index (χ2n) is 5.26. The molecule has 4 nitrogen and oxygen atoms in total. The van der Waals surface area contributed by atoms with Gasteiger partial charge < -0.3 is 5.73 Å². The fraction of sp³-hybridized carbons (Fsp3) is 0.600. The maximum absolute atomic E-state index is 12.3. The Morgan fingerprint density at radius 3 is 2.40 bits per heavy atom. The molecule has 1 unspecified atom stereocenters. The molecule has 5 heteroatoms. The molecule has 0 saturated heterocycles. The van der Waals surface area contributed by atoms with Crippen molar-refractivity contribution in [1.82, 2.24) is 4.31 Å². The third-order valence-electron chi connectivity index (χ3n) is 3.48. The molecule has 0 saturated carbocycles. The minimum absolute atomic E-state index is 0.00712. The summed E-state index contributed by atoms with van der Waals surface area (Å²) in [5.41, 5.74) is 6.49. The predicted molar refractivity (Wildman–Crippen MR) is 84.2 cm³/mol. The third-order valence-corrected chi connectivity index (χ3v) is 5.53. The van der Waals surface area contributed by atoms with E-state index in [1.165, 1.54) is 4.31 Å². The van der Waals surface area contributed by atoms with Gasteiger partial charge in [-0.2, -0.15) is 0 Å². The molecule has 0 bridgehead atoms. The maximum atomic E-state index is 12.3. The molecule has 0 aliphatic heterocycles. The monoisotopic (exact) mass is 298 g/mol. The average Bonchev–Trinajstić information content (AvgIpc) is 2.43. The largest absolute Gasteiger partial charge is 0.330 e. The smallest absolute Gasteiger partial charge is 0.214 e. The van der Waals surface area contributed by atoms with Crippen LogP contribution in [-0.4, -0.2) is 38.6 Å². The summed E-state index contributed by atoms with van der Waals surface area (Å²) in [6, 6.07) is 9.77. The van der Waals surface area contributed by atoms with Crippen LogP contribution in [0.25, 0.3) is 0 Å². The lowest BCUT2D eigenvalue weighted by atomic mass is 10.0. The van der Waals surface area contributed by atoms with Crippen LogP contribution < -0.4 is 5.73 Å². The molecular formula is C15H26N2O2S. The molecular weight excluding hydrogens is 272 g/mol. The van der Waals surface area contributed by atoms with Crippen LogP contribution in [0.5, 0.6) is 0 Å². The normalized spacial score (nSPS) is 13.6. The van der Waals surface area contributed by atoms with Gasteiger partial charge in [-0.05, 0) is 30.9 Å². The Morgan fingerprint density at radius 2 is 1.80 bits per heavy atom. The van der Waals surface area contributed by atoms with E-state index in [0.29, 0.717) is 13.1 Å². The summed E-state index contributed by atoms with van der Waals surface area (Å²) < 4.78 is 26.0. The lowest BCUT2D eigenvalue weighted by molar-refractivity contribution is 0.450. The van der Waals surface area contributed by atoms with E-state index in [4.69, 9.17) is 5.73 Å². The van der Waals surface area contributed by atoms with Crippen LogP contribution in [0, 0.1) is 0 Å². The molecule has 0 fully saturated rings. The van der Waals surface area contributed by atoms with E-state index >= 15 is 0 Å². The molecule has 0 amide bonds. The Bertz CT molecular complexity index is 474. The van der Waals surface area contributed by atoms with Gasteiger partial charge in [-0.3, -0.25) is 0 Å². The Morgan fingerprint density at radius 1 is 1.15 bits per heavy atom. The SMILES string of the molecule is CC(CS(=O)(=O)N(C)CCCCCN)c1ccccc1. The lowest BCUT2D eigenvalue weighted by Gasteiger charge is -2.20. The van der Waals surface area contributed by atoms with E-state index in [9.17, 15) is 8.42 Å². The number of nitrogens with zero attached hydrogens (tertiary/aromatic N) is 1. The first-order valence-corrected chi connectivity index (χ1v) is 8.77. The lowest BCUT2D eigenvalue weighted by Crippen LogP contribution is -2.32. The fourth-order valence-corrected chi connectivity index (χ4v) is 3.60. The molecule has 0 radical (unpaired) electrons. The molecule has 20 heavy (non-hydrogen) atoms. The second kappa shape index (κ2) is 8.39. The zero-order chi connectivity index (χ0) is 15.0. The summed E-state index contributed by atoms with van der Waals surface area (Å²) in [7, 11) is -1.53. The van der Waals surface area contributed by atoms with Gasteiger partial charge in [0.25, 0.3) is 0 Å². The van der Waals surface area contributed by atoms with Gasteiger partial charge in [0, 0.05) is 13.6 Å². The van der Waals surface area contributed by atoms with Crippen molar-refractivity contribution in [2.75, 3.05) is 25.9 Å². The quantitative estimate of drug-likeness (QED) is 0.711. The van der Waals surface area contributed by atoms with E-state index in [2.05, 4.69) is 0 Å². The van der Waals surface area contributed by atoms with Crippen LogP contribution in [0.2, 0.25) is 0 Å². The van der Waals surface area contributed by atoms with Gasteiger partial charge >= 0.3 is 0 Å². The molecule has 1 aromatic carbocycles.